The molecule has 0 bridgehead atoms. The normalized spacial score (nSPS) is 11.1. The molecule has 0 radical (unpaired) electrons. The number of nitrogen functional groups attached to an aromatic ring is 1. The first-order chi connectivity index (χ1) is 8.65. The highest BCUT2D eigenvalue weighted by molar-refractivity contribution is 7.16. The summed E-state index contributed by atoms with van der Waals surface area (Å²) < 4.78 is 1.46. The van der Waals surface area contributed by atoms with Crippen molar-refractivity contribution in [2.24, 2.45) is 0 Å². The quantitative estimate of drug-likeness (QED) is 0.699. The van der Waals surface area contributed by atoms with Gasteiger partial charge in [0.15, 0.2) is 0 Å². The number of H-pyrrole nitrogens is 1. The van der Waals surface area contributed by atoms with E-state index in [0.717, 1.165) is 0 Å². The zero-order valence-corrected chi connectivity index (χ0v) is 10.5. The molecule has 7 nitrogen and oxygen atoms in total. The van der Waals surface area contributed by atoms with Crippen molar-refractivity contribution < 1.29 is 0 Å². The van der Waals surface area contributed by atoms with E-state index in [1.165, 1.54) is 27.2 Å². The van der Waals surface area contributed by atoms with Crippen LogP contribution in [0.4, 0.5) is 5.13 Å². The van der Waals surface area contributed by atoms with Gasteiger partial charge in [0.05, 0.1) is 11.9 Å². The lowest BCUT2D eigenvalue weighted by molar-refractivity contribution is 0.748. The first-order valence-electron chi connectivity index (χ1n) is 4.93. The molecule has 0 saturated carbocycles. The number of nitrogens with zero attached hydrogens (tertiary/aromatic N) is 3. The Labute approximate surface area is 108 Å². The van der Waals surface area contributed by atoms with E-state index >= 15 is 0 Å². The van der Waals surface area contributed by atoms with Crippen LogP contribution in [0.25, 0.3) is 10.2 Å². The van der Waals surface area contributed by atoms with E-state index in [0.29, 0.717) is 20.4 Å². The molecule has 3 aromatic rings. The molecule has 0 unspecified atom stereocenters. The number of thiophene rings is 1. The monoisotopic (exact) mass is 281 g/mol. The van der Waals surface area contributed by atoms with Crippen LogP contribution in [0.2, 0.25) is 0 Å². The Morgan fingerprint density at radius 1 is 1.39 bits per heavy atom. The summed E-state index contributed by atoms with van der Waals surface area (Å²) in [6.07, 6.45) is 0. The number of nitrogens with two attached hydrogens (primary N) is 1. The van der Waals surface area contributed by atoms with E-state index in [2.05, 4.69) is 15.2 Å². The Morgan fingerprint density at radius 2 is 2.22 bits per heavy atom. The average Bonchev–Trinajstić information content (AvgIpc) is 2.93. The summed E-state index contributed by atoms with van der Waals surface area (Å²) in [6.45, 7) is 0.251. The maximum atomic E-state index is 11.8. The van der Waals surface area contributed by atoms with Crippen LogP contribution in [0.1, 0.15) is 5.01 Å². The number of hydrogen-bond donors (Lipinski definition) is 2. The van der Waals surface area contributed by atoms with Gasteiger partial charge >= 0.3 is 5.69 Å². The SMILES string of the molecule is Nc1nnc(Cn2c(=O)[nH]c(=O)c3ccsc32)s1. The van der Waals surface area contributed by atoms with E-state index in [4.69, 9.17) is 5.73 Å². The molecular weight excluding hydrogens is 274 g/mol. The maximum absolute atomic E-state index is 11.8. The maximum Gasteiger partial charge on any atom is 0.329 e. The molecule has 0 spiro atoms. The Morgan fingerprint density at radius 3 is 2.94 bits per heavy atom. The van der Waals surface area contributed by atoms with Crippen molar-refractivity contribution in [2.75, 3.05) is 5.73 Å². The van der Waals surface area contributed by atoms with Gasteiger partial charge < -0.3 is 5.73 Å². The van der Waals surface area contributed by atoms with Gasteiger partial charge in [0.25, 0.3) is 5.56 Å². The van der Waals surface area contributed by atoms with E-state index < -0.39 is 5.69 Å². The number of rotatable bonds is 2. The third-order valence-corrected chi connectivity index (χ3v) is 4.05. The van der Waals surface area contributed by atoms with Crippen molar-refractivity contribution in [3.05, 3.63) is 37.3 Å². The van der Waals surface area contributed by atoms with Crippen LogP contribution in [0.5, 0.6) is 0 Å². The first-order valence-corrected chi connectivity index (χ1v) is 6.63. The number of anilines is 1. The van der Waals surface area contributed by atoms with E-state index in [1.807, 2.05) is 0 Å². The minimum Gasteiger partial charge on any atom is -0.374 e. The molecule has 0 fully saturated rings. The van der Waals surface area contributed by atoms with Gasteiger partial charge in [-0.15, -0.1) is 21.5 Å². The Balaban J connectivity index is 2.20. The lowest BCUT2D eigenvalue weighted by atomic mass is 10.4. The molecule has 0 aliphatic heterocycles. The van der Waals surface area contributed by atoms with Crippen LogP contribution in [0, 0.1) is 0 Å². The molecule has 3 aromatic heterocycles. The Kier molecular flexibility index (Phi) is 2.49. The summed E-state index contributed by atoms with van der Waals surface area (Å²) in [6, 6.07) is 1.68. The van der Waals surface area contributed by atoms with Gasteiger partial charge in [-0.25, -0.2) is 4.79 Å². The van der Waals surface area contributed by atoms with E-state index in [9.17, 15) is 9.59 Å². The van der Waals surface area contributed by atoms with E-state index in [1.54, 1.807) is 11.4 Å². The summed E-state index contributed by atoms with van der Waals surface area (Å²) in [5, 5.41) is 10.8. The molecule has 0 amide bonds. The predicted octanol–water partition coefficient (Wildman–Crippen LogP) is 0.233. The number of hydrogen-bond acceptors (Lipinski definition) is 7. The summed E-state index contributed by atoms with van der Waals surface area (Å²) in [7, 11) is 0. The van der Waals surface area contributed by atoms with Gasteiger partial charge in [-0.2, -0.15) is 0 Å². The van der Waals surface area contributed by atoms with Crippen LogP contribution in [0.3, 0.4) is 0 Å². The summed E-state index contributed by atoms with van der Waals surface area (Å²) in [5.74, 6) is 0. The molecule has 0 saturated heterocycles. The second-order valence-corrected chi connectivity index (χ2v) is 5.51. The minimum atomic E-state index is -0.455. The van der Waals surface area contributed by atoms with Crippen LogP contribution < -0.4 is 17.0 Å². The average molecular weight is 281 g/mol. The van der Waals surface area contributed by atoms with Crippen molar-refractivity contribution in [2.45, 2.75) is 6.54 Å². The van der Waals surface area contributed by atoms with Crippen molar-refractivity contribution >= 4 is 38.0 Å². The summed E-state index contributed by atoms with van der Waals surface area (Å²) >= 11 is 2.55. The second kappa shape index (κ2) is 4.03. The molecular formula is C9H7N5O2S2. The Hall–Kier alpha value is -2.00. The smallest absolute Gasteiger partial charge is 0.329 e. The highest BCUT2D eigenvalue weighted by Gasteiger charge is 2.11. The topological polar surface area (TPSA) is 107 Å². The van der Waals surface area contributed by atoms with Crippen molar-refractivity contribution in [3.63, 3.8) is 0 Å². The van der Waals surface area contributed by atoms with Crippen LogP contribution in [-0.4, -0.2) is 19.7 Å². The number of fused-ring (bicyclic) bond motifs is 1. The zero-order valence-electron chi connectivity index (χ0n) is 8.91. The zero-order chi connectivity index (χ0) is 12.7. The molecule has 9 heteroatoms. The van der Waals surface area contributed by atoms with Crippen molar-refractivity contribution in [1.82, 2.24) is 19.7 Å². The minimum absolute atomic E-state index is 0.251. The van der Waals surface area contributed by atoms with Gasteiger partial charge in [-0.05, 0) is 11.4 Å². The van der Waals surface area contributed by atoms with Gasteiger partial charge in [-0.1, -0.05) is 11.3 Å². The van der Waals surface area contributed by atoms with Gasteiger partial charge in [-0.3, -0.25) is 14.3 Å². The van der Waals surface area contributed by atoms with Crippen molar-refractivity contribution in [1.29, 1.82) is 0 Å². The number of nitrogens with one attached hydrogen (secondary N) is 1. The van der Waals surface area contributed by atoms with Crippen LogP contribution in [0.15, 0.2) is 21.0 Å². The molecule has 0 aromatic carbocycles. The molecule has 0 aliphatic carbocycles. The molecule has 3 heterocycles. The fraction of sp³-hybridized carbons (Fsp3) is 0.111. The number of aromatic amines is 1. The predicted molar refractivity (Wildman–Crippen MR) is 70.1 cm³/mol. The molecule has 3 rings (SSSR count). The molecule has 0 aliphatic rings. The molecule has 0 atom stereocenters. The van der Waals surface area contributed by atoms with Gasteiger partial charge in [0.1, 0.15) is 9.84 Å². The highest BCUT2D eigenvalue weighted by Crippen LogP contribution is 2.18. The summed E-state index contributed by atoms with van der Waals surface area (Å²) in [5.41, 5.74) is 4.66. The molecule has 18 heavy (non-hydrogen) atoms. The second-order valence-electron chi connectivity index (χ2n) is 3.52. The summed E-state index contributed by atoms with van der Waals surface area (Å²) in [4.78, 5) is 26.3. The number of aromatic nitrogens is 4. The highest BCUT2D eigenvalue weighted by atomic mass is 32.1. The largest absolute Gasteiger partial charge is 0.374 e. The van der Waals surface area contributed by atoms with Crippen LogP contribution >= 0.6 is 22.7 Å². The van der Waals surface area contributed by atoms with E-state index in [-0.39, 0.29) is 12.1 Å². The first kappa shape index (κ1) is 11.1. The fourth-order valence-electron chi connectivity index (χ4n) is 1.62. The fourth-order valence-corrected chi connectivity index (χ4v) is 3.11. The van der Waals surface area contributed by atoms with Gasteiger partial charge in [0, 0.05) is 0 Å². The lowest BCUT2D eigenvalue weighted by Gasteiger charge is -2.03. The third kappa shape index (κ3) is 1.73. The third-order valence-electron chi connectivity index (χ3n) is 2.38. The Bertz CT molecular complexity index is 827. The lowest BCUT2D eigenvalue weighted by Crippen LogP contribution is -2.29. The standard InChI is InChI=1S/C9H7N5O2S2/c10-8-13-12-5(18-8)3-14-7-4(1-2-17-7)6(15)11-9(14)16/h1-2H,3H2,(H2,10,13)(H,11,15,16). The molecule has 92 valence electrons. The van der Waals surface area contributed by atoms with Crippen LogP contribution in [-0.2, 0) is 6.54 Å². The van der Waals surface area contributed by atoms with Gasteiger partial charge in [0.2, 0.25) is 5.13 Å². The van der Waals surface area contributed by atoms with Crippen molar-refractivity contribution in [3.8, 4) is 0 Å². The molecule has 3 N–H and O–H groups in total.